The summed E-state index contributed by atoms with van der Waals surface area (Å²) in [6, 6.07) is 19.3. The van der Waals surface area contributed by atoms with E-state index in [4.69, 9.17) is 20.4 Å². The molecule has 0 amide bonds. The van der Waals surface area contributed by atoms with E-state index in [2.05, 4.69) is 0 Å². The third-order valence-electron chi connectivity index (χ3n) is 2.23. The number of nitrogens with one attached hydrogen (secondary N) is 2. The molecule has 0 heterocycles. The van der Waals surface area contributed by atoms with Crippen molar-refractivity contribution in [2.75, 3.05) is 0 Å². The van der Waals surface area contributed by atoms with Gasteiger partial charge in [0.2, 0.25) is 12.2 Å². The first kappa shape index (κ1) is 17.2. The molecule has 0 unspecified atom stereocenters. The van der Waals surface area contributed by atoms with Crippen LogP contribution in [-0.4, -0.2) is 17.3 Å². The zero-order valence-corrected chi connectivity index (χ0v) is 10.6. The number of rotatable bonds is 2. The van der Waals surface area contributed by atoms with Gasteiger partial charge >= 0.3 is 0 Å². The molecule has 0 saturated carbocycles. The van der Waals surface area contributed by atoms with Crippen LogP contribution in [0.3, 0.4) is 0 Å². The average Bonchev–Trinajstić information content (AvgIpc) is 2.50. The van der Waals surface area contributed by atoms with Crippen molar-refractivity contribution < 1.29 is 14.7 Å². The molecule has 0 atom stereocenters. The van der Waals surface area contributed by atoms with Crippen molar-refractivity contribution in [2.24, 2.45) is 0 Å². The van der Waals surface area contributed by atoms with Crippen molar-refractivity contribution in [3.8, 4) is 0 Å². The first-order valence-electron chi connectivity index (χ1n) is 5.57. The molecule has 3 N–H and O–H groups in total. The van der Waals surface area contributed by atoms with Crippen LogP contribution in [0.5, 0.6) is 0 Å². The molecule has 0 aromatic heterocycles. The van der Waals surface area contributed by atoms with Gasteiger partial charge in [-0.3, -0.25) is 0 Å². The molecule has 0 saturated heterocycles. The molecular weight excluding hydrogens is 256 g/mol. The fraction of sp³-hybridized carbons (Fsp3) is 0.0667. The molecule has 5 nitrogen and oxygen atoms in total. The van der Waals surface area contributed by atoms with Crippen molar-refractivity contribution in [2.45, 2.75) is 6.10 Å². The van der Waals surface area contributed by atoms with Crippen LogP contribution in [0.15, 0.2) is 60.7 Å². The number of hydrogen-bond acceptors (Lipinski definition) is 5. The van der Waals surface area contributed by atoms with E-state index in [1.807, 2.05) is 60.7 Å². The normalized spacial score (nSPS) is 8.10. The second-order valence-corrected chi connectivity index (χ2v) is 3.43. The number of isocyanates is 2. The molecule has 2 rings (SSSR count). The lowest BCUT2D eigenvalue weighted by molar-refractivity contribution is 0.220. The lowest BCUT2D eigenvalue weighted by Crippen LogP contribution is -1.98. The smallest absolute Gasteiger partial charge is 0.231 e. The van der Waals surface area contributed by atoms with Crippen LogP contribution in [0.4, 0.5) is 0 Å². The Morgan fingerprint density at radius 2 is 1.00 bits per heavy atom. The first-order chi connectivity index (χ1) is 9.71. The van der Waals surface area contributed by atoms with Gasteiger partial charge in [0.15, 0.2) is 0 Å². The minimum Gasteiger partial charge on any atom is -0.384 e. The fourth-order valence-electron chi connectivity index (χ4n) is 1.46. The van der Waals surface area contributed by atoms with E-state index in [0.717, 1.165) is 23.3 Å². The molecule has 102 valence electrons. The van der Waals surface area contributed by atoms with Crippen LogP contribution in [0.1, 0.15) is 17.2 Å². The minimum absolute atomic E-state index is 0.516. The van der Waals surface area contributed by atoms with Crippen LogP contribution >= 0.6 is 0 Å². The van der Waals surface area contributed by atoms with Crippen LogP contribution in [0, 0.1) is 10.8 Å². The summed E-state index contributed by atoms with van der Waals surface area (Å²) in [6.45, 7) is 0. The van der Waals surface area contributed by atoms with Gasteiger partial charge in [-0.05, 0) is 11.1 Å². The number of aliphatic hydroxyl groups excluding tert-OH is 1. The summed E-state index contributed by atoms with van der Waals surface area (Å²) < 4.78 is 0. The van der Waals surface area contributed by atoms with E-state index >= 15 is 0 Å². The predicted octanol–water partition coefficient (Wildman–Crippen LogP) is 2.57. The second-order valence-electron chi connectivity index (χ2n) is 3.43. The molecule has 0 radical (unpaired) electrons. The Morgan fingerprint density at radius 3 is 1.25 bits per heavy atom. The van der Waals surface area contributed by atoms with Gasteiger partial charge in [-0.25, -0.2) is 20.4 Å². The lowest BCUT2D eigenvalue weighted by atomic mass is 10.0. The van der Waals surface area contributed by atoms with Crippen LogP contribution in [0.25, 0.3) is 0 Å². The number of benzene rings is 2. The number of aliphatic hydroxyl groups is 1. The Balaban J connectivity index is 0.000000520. The van der Waals surface area contributed by atoms with E-state index in [-0.39, 0.29) is 0 Å². The topological polar surface area (TPSA) is 102 Å². The molecule has 0 bridgehead atoms. The largest absolute Gasteiger partial charge is 0.384 e. The standard InChI is InChI=1S/C13H12O.2CHNO/c14-13(11-7-3-1-4-8-11)12-9-5-2-6-10-12;2*2-1-3/h1-10,13-14H;2*2H. The number of carbonyl (C=O) groups excluding carboxylic acids is 2. The van der Waals surface area contributed by atoms with Crippen molar-refractivity contribution in [1.82, 2.24) is 0 Å². The SMILES string of the molecule is N=C=O.N=C=O.OC(c1ccccc1)c1ccccc1. The molecule has 0 aliphatic rings. The second kappa shape index (κ2) is 11.3. The summed E-state index contributed by atoms with van der Waals surface area (Å²) in [6.07, 6.45) is 0.984. The summed E-state index contributed by atoms with van der Waals surface area (Å²) in [5.74, 6) is 0. The zero-order valence-electron chi connectivity index (χ0n) is 10.6. The summed E-state index contributed by atoms with van der Waals surface area (Å²) in [7, 11) is 0. The van der Waals surface area contributed by atoms with Gasteiger partial charge in [0.25, 0.3) is 0 Å². The van der Waals surface area contributed by atoms with E-state index in [0.29, 0.717) is 0 Å². The molecule has 2 aromatic rings. The van der Waals surface area contributed by atoms with Gasteiger partial charge in [0.05, 0.1) is 0 Å². The van der Waals surface area contributed by atoms with Gasteiger partial charge in [-0.15, -0.1) is 0 Å². The Kier molecular flexibility index (Phi) is 9.66. The highest BCUT2D eigenvalue weighted by Crippen LogP contribution is 2.20. The van der Waals surface area contributed by atoms with Crippen LogP contribution < -0.4 is 0 Å². The number of hydrogen-bond donors (Lipinski definition) is 3. The molecule has 2 aromatic carbocycles. The molecule has 20 heavy (non-hydrogen) atoms. The van der Waals surface area contributed by atoms with E-state index in [1.54, 1.807) is 0 Å². The van der Waals surface area contributed by atoms with Gasteiger partial charge in [-0.2, -0.15) is 0 Å². The molecule has 0 fully saturated rings. The van der Waals surface area contributed by atoms with Gasteiger partial charge in [0, 0.05) is 0 Å². The van der Waals surface area contributed by atoms with Gasteiger partial charge < -0.3 is 5.11 Å². The molecule has 0 aliphatic heterocycles. The Hall–Kier alpha value is -2.84. The highest BCUT2D eigenvalue weighted by atomic mass is 16.3. The van der Waals surface area contributed by atoms with E-state index in [1.165, 1.54) is 0 Å². The average molecular weight is 270 g/mol. The first-order valence-corrected chi connectivity index (χ1v) is 5.57. The molecular formula is C15H14N2O3. The molecule has 5 heteroatoms. The maximum absolute atomic E-state index is 9.99. The third kappa shape index (κ3) is 6.79. The summed E-state index contributed by atoms with van der Waals surface area (Å²) in [5.41, 5.74) is 1.86. The quantitative estimate of drug-likeness (QED) is 0.577. The van der Waals surface area contributed by atoms with Crippen molar-refractivity contribution >= 4 is 12.2 Å². The van der Waals surface area contributed by atoms with Crippen LogP contribution in [-0.2, 0) is 9.59 Å². The summed E-state index contributed by atoms with van der Waals surface area (Å²) in [4.78, 5) is 16.7. The maximum atomic E-state index is 9.99. The zero-order chi connectivity index (χ0) is 15.2. The van der Waals surface area contributed by atoms with Gasteiger partial charge in [0.1, 0.15) is 6.10 Å². The molecule has 0 spiro atoms. The third-order valence-corrected chi connectivity index (χ3v) is 2.23. The highest BCUT2D eigenvalue weighted by molar-refractivity contribution is 5.29. The van der Waals surface area contributed by atoms with E-state index in [9.17, 15) is 5.11 Å². The highest BCUT2D eigenvalue weighted by Gasteiger charge is 2.07. The Morgan fingerprint density at radius 1 is 0.750 bits per heavy atom. The van der Waals surface area contributed by atoms with Crippen LogP contribution in [0.2, 0.25) is 0 Å². The van der Waals surface area contributed by atoms with E-state index < -0.39 is 6.10 Å². The Labute approximate surface area is 116 Å². The predicted molar refractivity (Wildman–Crippen MR) is 73.8 cm³/mol. The maximum Gasteiger partial charge on any atom is 0.231 e. The Bertz CT molecular complexity index is 492. The monoisotopic (exact) mass is 270 g/mol. The van der Waals surface area contributed by atoms with Crippen molar-refractivity contribution in [3.63, 3.8) is 0 Å². The fourth-order valence-corrected chi connectivity index (χ4v) is 1.46. The minimum atomic E-state index is -0.516. The summed E-state index contributed by atoms with van der Waals surface area (Å²) >= 11 is 0. The van der Waals surface area contributed by atoms with Crippen molar-refractivity contribution in [1.29, 1.82) is 10.8 Å². The lowest BCUT2D eigenvalue weighted by Gasteiger charge is -2.10. The van der Waals surface area contributed by atoms with Crippen molar-refractivity contribution in [3.05, 3.63) is 71.8 Å². The molecule has 0 aliphatic carbocycles. The van der Waals surface area contributed by atoms with Gasteiger partial charge in [-0.1, -0.05) is 60.7 Å². The summed E-state index contributed by atoms with van der Waals surface area (Å²) in [5, 5.41) is 20.8.